The molecular weight excluding hydrogens is 465 g/mol. The maximum absolute atomic E-state index is 9.28. The number of aliphatic hydroxyl groups is 1. The number of aliphatic hydroxyl groups excluding tert-OH is 1. The number of hydrogen-bond acceptors (Lipinski definition) is 3. The van der Waals surface area contributed by atoms with E-state index in [1.165, 1.54) is 5.56 Å². The molecule has 0 bridgehead atoms. The van der Waals surface area contributed by atoms with E-state index in [-0.39, 0.29) is 36.0 Å². The summed E-state index contributed by atoms with van der Waals surface area (Å²) in [6, 6.07) is 10.7. The van der Waals surface area contributed by atoms with Gasteiger partial charge in [-0.3, -0.25) is 4.99 Å². The first kappa shape index (κ1) is 25.2. The van der Waals surface area contributed by atoms with Crippen LogP contribution in [0, 0.1) is 5.92 Å². The summed E-state index contributed by atoms with van der Waals surface area (Å²) in [5, 5.41) is 16.2. The van der Waals surface area contributed by atoms with Crippen LogP contribution in [-0.2, 0) is 10.2 Å². The highest BCUT2D eigenvalue weighted by Crippen LogP contribution is 2.35. The quantitative estimate of drug-likeness (QED) is 0.259. The smallest absolute Gasteiger partial charge is 0.191 e. The van der Waals surface area contributed by atoms with Crippen molar-refractivity contribution in [1.82, 2.24) is 10.6 Å². The molecule has 5 nitrogen and oxygen atoms in total. The average molecular weight is 503 g/mol. The highest BCUT2D eigenvalue weighted by molar-refractivity contribution is 14.0. The van der Waals surface area contributed by atoms with Crippen molar-refractivity contribution >= 4 is 29.9 Å². The number of guanidine groups is 1. The Morgan fingerprint density at radius 1 is 1.14 bits per heavy atom. The minimum Gasteiger partial charge on any atom is -0.396 e. The Kier molecular flexibility index (Phi) is 12.7. The van der Waals surface area contributed by atoms with Crippen molar-refractivity contribution in [2.24, 2.45) is 10.9 Å². The number of hydrogen-bond donors (Lipinski definition) is 3. The van der Waals surface area contributed by atoms with Crippen LogP contribution in [0.1, 0.15) is 51.5 Å². The fourth-order valence-corrected chi connectivity index (χ4v) is 3.84. The molecule has 0 aromatic heterocycles. The van der Waals surface area contributed by atoms with Crippen LogP contribution >= 0.6 is 24.0 Å². The Bertz CT molecular complexity index is 542. The lowest BCUT2D eigenvalue weighted by Crippen LogP contribution is -2.42. The number of nitrogens with one attached hydrogen (secondary N) is 2. The summed E-state index contributed by atoms with van der Waals surface area (Å²) in [5.74, 6) is 1.35. The highest BCUT2D eigenvalue weighted by Gasteiger charge is 2.34. The fourth-order valence-electron chi connectivity index (χ4n) is 3.84. The molecule has 1 aromatic carbocycles. The third-order valence-electron chi connectivity index (χ3n) is 5.51. The molecule has 2 rings (SSSR count). The second-order valence-corrected chi connectivity index (χ2v) is 7.50. The zero-order chi connectivity index (χ0) is 19.4. The number of rotatable bonds is 10. The number of halogens is 1. The van der Waals surface area contributed by atoms with Crippen LogP contribution in [-0.4, -0.2) is 50.5 Å². The van der Waals surface area contributed by atoms with E-state index in [1.54, 1.807) is 0 Å². The molecule has 6 heteroatoms. The molecular formula is C22H38IN3O2. The van der Waals surface area contributed by atoms with Gasteiger partial charge in [-0.25, -0.2) is 0 Å². The lowest BCUT2D eigenvalue weighted by atomic mass is 9.74. The maximum Gasteiger partial charge on any atom is 0.191 e. The standard InChI is InChI=1S/C22H37N3O2.HI/c1-3-8-19(11-14-26)17-24-21(23-4-2)25-18-22(12-15-27-16-13-22)20-9-6-5-7-10-20;/h5-7,9-10,19,26H,3-4,8,11-18H2,1-2H3,(H2,23,24,25);1H. The Morgan fingerprint density at radius 2 is 1.86 bits per heavy atom. The molecule has 160 valence electrons. The zero-order valence-electron chi connectivity index (χ0n) is 17.5. The lowest BCUT2D eigenvalue weighted by molar-refractivity contribution is 0.0531. The molecule has 0 spiro atoms. The molecule has 0 aliphatic carbocycles. The van der Waals surface area contributed by atoms with Gasteiger partial charge in [-0.1, -0.05) is 43.7 Å². The predicted molar refractivity (Wildman–Crippen MR) is 128 cm³/mol. The van der Waals surface area contributed by atoms with Gasteiger partial charge in [0.15, 0.2) is 5.96 Å². The number of ether oxygens (including phenoxy) is 1. The van der Waals surface area contributed by atoms with Gasteiger partial charge in [0.25, 0.3) is 0 Å². The fraction of sp³-hybridized carbons (Fsp3) is 0.682. The van der Waals surface area contributed by atoms with Crippen LogP contribution in [0.15, 0.2) is 35.3 Å². The Morgan fingerprint density at radius 3 is 2.46 bits per heavy atom. The zero-order valence-corrected chi connectivity index (χ0v) is 19.8. The Hall–Kier alpha value is -0.860. The summed E-state index contributed by atoms with van der Waals surface area (Å²) in [4.78, 5) is 4.95. The number of benzene rings is 1. The van der Waals surface area contributed by atoms with Crippen LogP contribution in [0.4, 0.5) is 0 Å². The number of aliphatic imine (C=N–C) groups is 1. The molecule has 28 heavy (non-hydrogen) atoms. The lowest BCUT2D eigenvalue weighted by Gasteiger charge is -2.36. The van der Waals surface area contributed by atoms with Gasteiger partial charge in [0.1, 0.15) is 0 Å². The molecule has 1 aromatic rings. The van der Waals surface area contributed by atoms with Crippen LogP contribution in [0.25, 0.3) is 0 Å². The second kappa shape index (κ2) is 14.2. The molecule has 3 N–H and O–H groups in total. The monoisotopic (exact) mass is 503 g/mol. The van der Waals surface area contributed by atoms with E-state index in [2.05, 4.69) is 54.8 Å². The van der Waals surface area contributed by atoms with Gasteiger partial charge in [0, 0.05) is 38.3 Å². The van der Waals surface area contributed by atoms with Crippen LogP contribution in [0.3, 0.4) is 0 Å². The minimum atomic E-state index is 0. The van der Waals surface area contributed by atoms with Gasteiger partial charge in [-0.2, -0.15) is 0 Å². The SMILES string of the molecule is CCCC(CCO)CNC(=NCC1(c2ccccc2)CCOCC1)NCC.I. The third kappa shape index (κ3) is 7.87. The molecule has 0 amide bonds. The predicted octanol–water partition coefficient (Wildman–Crippen LogP) is 3.71. The van der Waals surface area contributed by atoms with E-state index in [9.17, 15) is 5.11 Å². The first-order chi connectivity index (χ1) is 13.2. The second-order valence-electron chi connectivity index (χ2n) is 7.50. The summed E-state index contributed by atoms with van der Waals surface area (Å²) < 4.78 is 5.63. The first-order valence-corrected chi connectivity index (χ1v) is 10.5. The third-order valence-corrected chi connectivity index (χ3v) is 5.51. The molecule has 1 atom stereocenters. The van der Waals surface area contributed by atoms with E-state index in [1.807, 2.05) is 0 Å². The van der Waals surface area contributed by atoms with Crippen molar-refractivity contribution in [3.63, 3.8) is 0 Å². The topological polar surface area (TPSA) is 65.9 Å². The van der Waals surface area contributed by atoms with Crippen LogP contribution in [0.2, 0.25) is 0 Å². The van der Waals surface area contributed by atoms with Crippen LogP contribution < -0.4 is 10.6 Å². The van der Waals surface area contributed by atoms with Gasteiger partial charge >= 0.3 is 0 Å². The minimum absolute atomic E-state index is 0. The number of nitrogens with zero attached hydrogens (tertiary/aromatic N) is 1. The van der Waals surface area contributed by atoms with E-state index in [4.69, 9.17) is 9.73 Å². The van der Waals surface area contributed by atoms with Gasteiger partial charge in [0.05, 0.1) is 6.54 Å². The summed E-state index contributed by atoms with van der Waals surface area (Å²) in [6.45, 7) is 8.57. The summed E-state index contributed by atoms with van der Waals surface area (Å²) >= 11 is 0. The Labute approximate surface area is 187 Å². The molecule has 1 fully saturated rings. The molecule has 1 unspecified atom stereocenters. The van der Waals surface area contributed by atoms with E-state index in [0.717, 1.165) is 70.9 Å². The van der Waals surface area contributed by atoms with Gasteiger partial charge < -0.3 is 20.5 Å². The largest absolute Gasteiger partial charge is 0.396 e. The van der Waals surface area contributed by atoms with Crippen molar-refractivity contribution in [2.45, 2.75) is 51.4 Å². The van der Waals surface area contributed by atoms with E-state index in [0.29, 0.717) is 5.92 Å². The summed E-state index contributed by atoms with van der Waals surface area (Å²) in [7, 11) is 0. The van der Waals surface area contributed by atoms with Crippen molar-refractivity contribution < 1.29 is 9.84 Å². The molecule has 1 aliphatic heterocycles. The van der Waals surface area contributed by atoms with Crippen molar-refractivity contribution in [2.75, 3.05) is 39.5 Å². The van der Waals surface area contributed by atoms with Gasteiger partial charge in [-0.15, -0.1) is 24.0 Å². The molecule has 0 radical (unpaired) electrons. The van der Waals surface area contributed by atoms with Crippen molar-refractivity contribution in [1.29, 1.82) is 0 Å². The van der Waals surface area contributed by atoms with Gasteiger partial charge in [-0.05, 0) is 44.1 Å². The molecule has 1 saturated heterocycles. The first-order valence-electron chi connectivity index (χ1n) is 10.5. The molecule has 0 saturated carbocycles. The van der Waals surface area contributed by atoms with E-state index < -0.39 is 0 Å². The maximum atomic E-state index is 9.28. The Balaban J connectivity index is 0.00000392. The normalized spacial score (nSPS) is 17.5. The average Bonchev–Trinajstić information content (AvgIpc) is 2.71. The molecule has 1 aliphatic rings. The molecule has 1 heterocycles. The summed E-state index contributed by atoms with van der Waals surface area (Å²) in [5.41, 5.74) is 1.41. The summed E-state index contributed by atoms with van der Waals surface area (Å²) in [6.07, 6.45) is 5.10. The van der Waals surface area contributed by atoms with Gasteiger partial charge in [0.2, 0.25) is 0 Å². The van der Waals surface area contributed by atoms with Crippen molar-refractivity contribution in [3.05, 3.63) is 35.9 Å². The highest BCUT2D eigenvalue weighted by atomic mass is 127. The van der Waals surface area contributed by atoms with Crippen molar-refractivity contribution in [3.8, 4) is 0 Å². The van der Waals surface area contributed by atoms with E-state index >= 15 is 0 Å². The van der Waals surface area contributed by atoms with Crippen LogP contribution in [0.5, 0.6) is 0 Å².